The molecule has 2 aromatic heterocycles. The standard InChI is InChI=1S/C20H23N5O2/c1-14-8-9-21-19-18(14)23-17(26)13-25(19)20(27)15-6-7-16(22-12-15)24-10-4-2-3-5-11-24/h6-9,12H,2-5,10-11,13H2,1H3,(H,23,26). The molecule has 2 aliphatic rings. The average molecular weight is 365 g/mol. The van der Waals surface area contributed by atoms with Crippen LogP contribution in [0.4, 0.5) is 17.3 Å². The Labute approximate surface area is 158 Å². The van der Waals surface area contributed by atoms with Crippen molar-refractivity contribution in [2.45, 2.75) is 32.6 Å². The Hall–Kier alpha value is -2.96. The van der Waals surface area contributed by atoms with E-state index < -0.39 is 0 Å². The molecule has 0 spiro atoms. The van der Waals surface area contributed by atoms with E-state index in [1.165, 1.54) is 30.6 Å². The Bertz CT molecular complexity index is 857. The number of anilines is 3. The highest BCUT2D eigenvalue weighted by Crippen LogP contribution is 2.31. The normalized spacial score (nSPS) is 17.1. The number of nitrogens with one attached hydrogen (secondary N) is 1. The molecular formula is C20H23N5O2. The predicted molar refractivity (Wildman–Crippen MR) is 104 cm³/mol. The van der Waals surface area contributed by atoms with Crippen molar-refractivity contribution in [1.29, 1.82) is 0 Å². The Morgan fingerprint density at radius 2 is 1.85 bits per heavy atom. The predicted octanol–water partition coefficient (Wildman–Crippen LogP) is 2.76. The monoisotopic (exact) mass is 365 g/mol. The zero-order valence-electron chi connectivity index (χ0n) is 15.4. The van der Waals surface area contributed by atoms with Gasteiger partial charge in [0.1, 0.15) is 12.4 Å². The highest BCUT2D eigenvalue weighted by Gasteiger charge is 2.30. The Kier molecular flexibility index (Phi) is 4.75. The lowest BCUT2D eigenvalue weighted by Crippen LogP contribution is -2.43. The van der Waals surface area contributed by atoms with Crippen LogP contribution < -0.4 is 15.1 Å². The molecule has 7 nitrogen and oxygen atoms in total. The van der Waals surface area contributed by atoms with Crippen molar-refractivity contribution in [1.82, 2.24) is 9.97 Å². The van der Waals surface area contributed by atoms with Crippen LogP contribution in [-0.2, 0) is 4.79 Å². The molecule has 2 amide bonds. The zero-order chi connectivity index (χ0) is 18.8. The minimum Gasteiger partial charge on any atom is -0.357 e. The molecule has 4 rings (SSSR count). The van der Waals surface area contributed by atoms with Gasteiger partial charge in [-0.25, -0.2) is 9.97 Å². The maximum atomic E-state index is 13.0. The summed E-state index contributed by atoms with van der Waals surface area (Å²) in [6.45, 7) is 3.84. The summed E-state index contributed by atoms with van der Waals surface area (Å²) in [5.41, 5.74) is 1.93. The fraction of sp³-hybridized carbons (Fsp3) is 0.400. The van der Waals surface area contributed by atoms with Crippen LogP contribution in [-0.4, -0.2) is 41.4 Å². The number of fused-ring (bicyclic) bond motifs is 1. The van der Waals surface area contributed by atoms with E-state index in [9.17, 15) is 9.59 Å². The van der Waals surface area contributed by atoms with Gasteiger partial charge in [-0.05, 0) is 43.5 Å². The lowest BCUT2D eigenvalue weighted by Gasteiger charge is -2.29. The van der Waals surface area contributed by atoms with Crippen LogP contribution in [0.25, 0.3) is 0 Å². The van der Waals surface area contributed by atoms with Gasteiger partial charge in [0.05, 0.1) is 11.3 Å². The first kappa shape index (κ1) is 17.5. The summed E-state index contributed by atoms with van der Waals surface area (Å²) >= 11 is 0. The van der Waals surface area contributed by atoms with Crippen molar-refractivity contribution in [3.05, 3.63) is 41.7 Å². The molecule has 1 saturated heterocycles. The SMILES string of the molecule is Cc1ccnc2c1NC(=O)CN2C(=O)c1ccc(N2CCCCCC2)nc1. The summed E-state index contributed by atoms with van der Waals surface area (Å²) in [5, 5.41) is 2.80. The van der Waals surface area contributed by atoms with Gasteiger partial charge in [-0.1, -0.05) is 12.8 Å². The number of aromatic nitrogens is 2. The van der Waals surface area contributed by atoms with E-state index in [-0.39, 0.29) is 18.4 Å². The van der Waals surface area contributed by atoms with Gasteiger partial charge in [0.2, 0.25) is 5.91 Å². The van der Waals surface area contributed by atoms with Crippen molar-refractivity contribution in [3.63, 3.8) is 0 Å². The molecule has 2 aliphatic heterocycles. The van der Waals surface area contributed by atoms with Gasteiger partial charge in [-0.2, -0.15) is 0 Å². The summed E-state index contributed by atoms with van der Waals surface area (Å²) in [7, 11) is 0. The Morgan fingerprint density at radius 1 is 1.07 bits per heavy atom. The summed E-state index contributed by atoms with van der Waals surface area (Å²) in [6, 6.07) is 5.50. The minimum absolute atomic E-state index is 0.0455. The largest absolute Gasteiger partial charge is 0.357 e. The first-order valence-electron chi connectivity index (χ1n) is 9.42. The van der Waals surface area contributed by atoms with Crippen molar-refractivity contribution < 1.29 is 9.59 Å². The van der Waals surface area contributed by atoms with Gasteiger partial charge >= 0.3 is 0 Å². The molecule has 27 heavy (non-hydrogen) atoms. The maximum absolute atomic E-state index is 13.0. The molecule has 0 saturated carbocycles. The number of carbonyl (C=O) groups excluding carboxylic acids is 2. The van der Waals surface area contributed by atoms with E-state index in [2.05, 4.69) is 20.2 Å². The van der Waals surface area contributed by atoms with Gasteiger partial charge in [0, 0.05) is 25.5 Å². The van der Waals surface area contributed by atoms with E-state index in [1.807, 2.05) is 19.1 Å². The van der Waals surface area contributed by atoms with Gasteiger partial charge in [-0.15, -0.1) is 0 Å². The number of amides is 2. The van der Waals surface area contributed by atoms with Crippen LogP contribution in [0.5, 0.6) is 0 Å². The third kappa shape index (κ3) is 3.49. The molecule has 0 unspecified atom stereocenters. The van der Waals surface area contributed by atoms with E-state index in [0.717, 1.165) is 24.5 Å². The zero-order valence-corrected chi connectivity index (χ0v) is 15.4. The van der Waals surface area contributed by atoms with E-state index in [1.54, 1.807) is 18.5 Å². The third-order valence-corrected chi connectivity index (χ3v) is 5.13. The van der Waals surface area contributed by atoms with E-state index in [0.29, 0.717) is 17.1 Å². The summed E-state index contributed by atoms with van der Waals surface area (Å²) in [4.78, 5) is 37.6. The van der Waals surface area contributed by atoms with E-state index >= 15 is 0 Å². The molecule has 0 aromatic carbocycles. The van der Waals surface area contributed by atoms with Crippen molar-refractivity contribution in [2.75, 3.05) is 34.8 Å². The molecule has 2 aromatic rings. The molecular weight excluding hydrogens is 342 g/mol. The quantitative estimate of drug-likeness (QED) is 0.885. The van der Waals surface area contributed by atoms with Crippen LogP contribution in [0.2, 0.25) is 0 Å². The second kappa shape index (κ2) is 7.34. The minimum atomic E-state index is -0.265. The number of rotatable bonds is 2. The molecule has 1 fully saturated rings. The number of pyridine rings is 2. The molecule has 140 valence electrons. The first-order valence-corrected chi connectivity index (χ1v) is 9.42. The molecule has 7 heteroatoms. The number of nitrogens with zero attached hydrogens (tertiary/aromatic N) is 4. The lowest BCUT2D eigenvalue weighted by atomic mass is 10.1. The van der Waals surface area contributed by atoms with Gasteiger partial charge in [-0.3, -0.25) is 14.5 Å². The molecule has 0 bridgehead atoms. The number of aryl methyl sites for hydroxylation is 1. The lowest BCUT2D eigenvalue weighted by molar-refractivity contribution is -0.115. The molecule has 1 N–H and O–H groups in total. The second-order valence-electron chi connectivity index (χ2n) is 7.07. The highest BCUT2D eigenvalue weighted by atomic mass is 16.2. The fourth-order valence-corrected chi connectivity index (χ4v) is 3.62. The first-order chi connectivity index (χ1) is 13.1. The van der Waals surface area contributed by atoms with Crippen LogP contribution >= 0.6 is 0 Å². The second-order valence-corrected chi connectivity index (χ2v) is 7.07. The van der Waals surface area contributed by atoms with Crippen LogP contribution in [0.1, 0.15) is 41.6 Å². The van der Waals surface area contributed by atoms with Crippen LogP contribution in [0.15, 0.2) is 30.6 Å². The average Bonchev–Trinajstić information content (AvgIpc) is 2.97. The summed E-state index contributed by atoms with van der Waals surface area (Å²) in [6.07, 6.45) is 8.11. The molecule has 4 heterocycles. The maximum Gasteiger partial charge on any atom is 0.261 e. The Balaban J connectivity index is 1.58. The van der Waals surface area contributed by atoms with E-state index in [4.69, 9.17) is 0 Å². The van der Waals surface area contributed by atoms with Crippen molar-refractivity contribution in [2.24, 2.45) is 0 Å². The van der Waals surface area contributed by atoms with Crippen molar-refractivity contribution >= 4 is 29.1 Å². The van der Waals surface area contributed by atoms with Gasteiger partial charge in [0.15, 0.2) is 5.82 Å². The Morgan fingerprint density at radius 3 is 2.56 bits per heavy atom. The molecule has 0 radical (unpaired) electrons. The van der Waals surface area contributed by atoms with Crippen molar-refractivity contribution in [3.8, 4) is 0 Å². The van der Waals surface area contributed by atoms with Crippen LogP contribution in [0.3, 0.4) is 0 Å². The molecule has 0 atom stereocenters. The van der Waals surface area contributed by atoms with Gasteiger partial charge < -0.3 is 10.2 Å². The third-order valence-electron chi connectivity index (χ3n) is 5.13. The smallest absolute Gasteiger partial charge is 0.261 e. The topological polar surface area (TPSA) is 78.4 Å². The summed E-state index contributed by atoms with van der Waals surface area (Å²) in [5.74, 6) is 0.899. The van der Waals surface area contributed by atoms with Crippen LogP contribution in [0, 0.1) is 6.92 Å². The molecule has 0 aliphatic carbocycles. The van der Waals surface area contributed by atoms with Gasteiger partial charge in [0.25, 0.3) is 5.91 Å². The number of hydrogen-bond acceptors (Lipinski definition) is 5. The number of carbonyl (C=O) groups is 2. The number of hydrogen-bond donors (Lipinski definition) is 1. The highest BCUT2D eigenvalue weighted by molar-refractivity contribution is 6.14. The summed E-state index contributed by atoms with van der Waals surface area (Å²) < 4.78 is 0. The fourth-order valence-electron chi connectivity index (χ4n) is 3.62.